The van der Waals surface area contributed by atoms with Crippen molar-refractivity contribution in [3.8, 4) is 0 Å². The van der Waals surface area contributed by atoms with Crippen molar-refractivity contribution in [1.29, 1.82) is 0 Å². The predicted octanol–water partition coefficient (Wildman–Crippen LogP) is 1.54. The van der Waals surface area contributed by atoms with Crippen LogP contribution in [0, 0.1) is 5.92 Å². The van der Waals surface area contributed by atoms with Gasteiger partial charge in [-0.2, -0.15) is 0 Å². The molecule has 1 saturated heterocycles. The van der Waals surface area contributed by atoms with Crippen LogP contribution in [0.1, 0.15) is 26.2 Å². The Morgan fingerprint density at radius 3 is 2.62 bits per heavy atom. The van der Waals surface area contributed by atoms with Crippen LogP contribution in [0.5, 0.6) is 0 Å². The van der Waals surface area contributed by atoms with Crippen molar-refractivity contribution in [2.24, 2.45) is 5.92 Å². The minimum absolute atomic E-state index is 0.202. The van der Waals surface area contributed by atoms with E-state index in [1.807, 2.05) is 23.9 Å². The van der Waals surface area contributed by atoms with E-state index in [1.165, 1.54) is 19.3 Å². The molecule has 0 N–H and O–H groups in total. The lowest BCUT2D eigenvalue weighted by Crippen LogP contribution is -2.35. The number of urea groups is 1. The van der Waals surface area contributed by atoms with E-state index >= 15 is 0 Å². The first kappa shape index (κ1) is 8.85. The lowest BCUT2D eigenvalue weighted by atomic mass is 9.99. The quantitative estimate of drug-likeness (QED) is 0.603. The molecule has 1 aliphatic carbocycles. The summed E-state index contributed by atoms with van der Waals surface area (Å²) in [7, 11) is 3.87. The van der Waals surface area contributed by atoms with Crippen molar-refractivity contribution in [2.45, 2.75) is 38.3 Å². The lowest BCUT2D eigenvalue weighted by molar-refractivity contribution is 0.191. The van der Waals surface area contributed by atoms with E-state index in [0.717, 1.165) is 5.92 Å². The first-order valence-electron chi connectivity index (χ1n) is 5.16. The third kappa shape index (κ3) is 1.06. The molecule has 2 amide bonds. The fourth-order valence-electron chi connectivity index (χ4n) is 3.00. The zero-order valence-electron chi connectivity index (χ0n) is 8.66. The Kier molecular flexibility index (Phi) is 1.97. The van der Waals surface area contributed by atoms with E-state index in [-0.39, 0.29) is 6.03 Å². The number of hydrogen-bond acceptors (Lipinski definition) is 1. The number of hydrogen-bond donors (Lipinski definition) is 0. The topological polar surface area (TPSA) is 23.6 Å². The maximum atomic E-state index is 11.6. The molecule has 0 spiro atoms. The largest absolute Gasteiger partial charge is 0.323 e. The Morgan fingerprint density at radius 2 is 2.00 bits per heavy atom. The number of carbonyl (C=O) groups excluding carboxylic acids is 1. The van der Waals surface area contributed by atoms with Crippen LogP contribution in [0.3, 0.4) is 0 Å². The van der Waals surface area contributed by atoms with Gasteiger partial charge in [-0.3, -0.25) is 0 Å². The summed E-state index contributed by atoms with van der Waals surface area (Å²) < 4.78 is 0. The zero-order valence-corrected chi connectivity index (χ0v) is 8.66. The summed E-state index contributed by atoms with van der Waals surface area (Å²) in [6, 6.07) is 1.18. The van der Waals surface area contributed by atoms with Gasteiger partial charge in [0.2, 0.25) is 0 Å². The van der Waals surface area contributed by atoms with Gasteiger partial charge in [-0.15, -0.1) is 0 Å². The average molecular weight is 182 g/mol. The number of amides is 2. The van der Waals surface area contributed by atoms with Gasteiger partial charge >= 0.3 is 6.03 Å². The number of likely N-dealkylation sites (N-methyl/N-ethyl adjacent to an activating group) is 2. The fraction of sp³-hybridized carbons (Fsp3) is 0.900. The monoisotopic (exact) mass is 182 g/mol. The molecule has 0 aromatic heterocycles. The number of carbonyl (C=O) groups is 1. The van der Waals surface area contributed by atoms with Crippen molar-refractivity contribution in [3.63, 3.8) is 0 Å². The normalized spacial score (nSPS) is 38.7. The highest BCUT2D eigenvalue weighted by Gasteiger charge is 2.48. The highest BCUT2D eigenvalue weighted by molar-refractivity contribution is 5.77. The first-order valence-corrected chi connectivity index (χ1v) is 5.16. The molecule has 2 rings (SSSR count). The van der Waals surface area contributed by atoms with Crippen LogP contribution in [0.4, 0.5) is 4.79 Å². The van der Waals surface area contributed by atoms with Crippen LogP contribution >= 0.6 is 0 Å². The molecule has 0 radical (unpaired) electrons. The third-order valence-corrected chi connectivity index (χ3v) is 3.78. The van der Waals surface area contributed by atoms with E-state index in [1.54, 1.807) is 0 Å². The van der Waals surface area contributed by atoms with E-state index in [9.17, 15) is 4.79 Å². The second kappa shape index (κ2) is 2.89. The second-order valence-corrected chi connectivity index (χ2v) is 4.31. The maximum absolute atomic E-state index is 11.6. The van der Waals surface area contributed by atoms with Crippen LogP contribution in [0.2, 0.25) is 0 Å². The smallest absolute Gasteiger partial charge is 0.320 e. The van der Waals surface area contributed by atoms with Crippen molar-refractivity contribution >= 4 is 6.03 Å². The molecule has 0 aromatic carbocycles. The Balaban J connectivity index is 2.22. The maximum Gasteiger partial charge on any atom is 0.320 e. The third-order valence-electron chi connectivity index (χ3n) is 3.78. The summed E-state index contributed by atoms with van der Waals surface area (Å²) in [6.45, 7) is 2.23. The van der Waals surface area contributed by atoms with Gasteiger partial charge in [-0.1, -0.05) is 13.3 Å². The van der Waals surface area contributed by atoms with E-state index < -0.39 is 0 Å². The molecule has 13 heavy (non-hydrogen) atoms. The summed E-state index contributed by atoms with van der Waals surface area (Å²) in [5, 5.41) is 0. The molecule has 1 heterocycles. The van der Waals surface area contributed by atoms with Crippen LogP contribution in [-0.4, -0.2) is 42.0 Å². The van der Waals surface area contributed by atoms with Crippen LogP contribution in [-0.2, 0) is 0 Å². The van der Waals surface area contributed by atoms with Gasteiger partial charge in [0.25, 0.3) is 0 Å². The molecule has 1 aliphatic heterocycles. The summed E-state index contributed by atoms with van der Waals surface area (Å²) in [5.41, 5.74) is 0. The molecule has 3 unspecified atom stereocenters. The number of rotatable bonds is 1. The van der Waals surface area contributed by atoms with Gasteiger partial charge in [-0.25, -0.2) is 4.79 Å². The number of fused-ring (bicyclic) bond motifs is 1. The molecule has 74 valence electrons. The van der Waals surface area contributed by atoms with Gasteiger partial charge in [-0.05, 0) is 18.8 Å². The van der Waals surface area contributed by atoms with Gasteiger partial charge < -0.3 is 9.80 Å². The van der Waals surface area contributed by atoms with E-state index in [4.69, 9.17) is 0 Å². The van der Waals surface area contributed by atoms with Crippen molar-refractivity contribution in [2.75, 3.05) is 14.1 Å². The van der Waals surface area contributed by atoms with Crippen LogP contribution in [0.15, 0.2) is 0 Å². The SMILES string of the molecule is CCC1CCC2C1N(C)C(=O)N2C. The van der Waals surface area contributed by atoms with Crippen LogP contribution in [0.25, 0.3) is 0 Å². The fourth-order valence-corrected chi connectivity index (χ4v) is 3.00. The highest BCUT2D eigenvalue weighted by atomic mass is 16.2. The van der Waals surface area contributed by atoms with Crippen molar-refractivity contribution in [3.05, 3.63) is 0 Å². The average Bonchev–Trinajstić information content (AvgIpc) is 2.64. The Labute approximate surface area is 79.7 Å². The van der Waals surface area contributed by atoms with Gasteiger partial charge in [0.1, 0.15) is 0 Å². The molecule has 3 nitrogen and oxygen atoms in total. The molecular formula is C10H18N2O. The minimum atomic E-state index is 0.202. The molecule has 0 bridgehead atoms. The summed E-state index contributed by atoms with van der Waals surface area (Å²) in [5.74, 6) is 0.726. The first-order chi connectivity index (χ1) is 6.16. The molecule has 2 fully saturated rings. The Bertz CT molecular complexity index is 229. The van der Waals surface area contributed by atoms with E-state index in [2.05, 4.69) is 6.92 Å². The standard InChI is InChI=1S/C10H18N2O/c1-4-7-5-6-8-9(7)12(3)10(13)11(8)2/h7-9H,4-6H2,1-3H3. The Morgan fingerprint density at radius 1 is 1.31 bits per heavy atom. The molecular weight excluding hydrogens is 164 g/mol. The minimum Gasteiger partial charge on any atom is -0.323 e. The molecule has 3 atom stereocenters. The highest BCUT2D eigenvalue weighted by Crippen LogP contribution is 2.39. The van der Waals surface area contributed by atoms with E-state index in [0.29, 0.717) is 12.1 Å². The Hall–Kier alpha value is -0.730. The van der Waals surface area contributed by atoms with Crippen molar-refractivity contribution in [1.82, 2.24) is 9.80 Å². The molecule has 3 heteroatoms. The summed E-state index contributed by atoms with van der Waals surface area (Å²) in [4.78, 5) is 15.5. The summed E-state index contributed by atoms with van der Waals surface area (Å²) in [6.07, 6.45) is 3.68. The molecule has 0 aromatic rings. The lowest BCUT2D eigenvalue weighted by Gasteiger charge is -2.22. The predicted molar refractivity (Wildman–Crippen MR) is 51.5 cm³/mol. The van der Waals surface area contributed by atoms with Gasteiger partial charge in [0.15, 0.2) is 0 Å². The molecule has 1 saturated carbocycles. The molecule has 2 aliphatic rings. The van der Waals surface area contributed by atoms with Crippen molar-refractivity contribution < 1.29 is 4.79 Å². The second-order valence-electron chi connectivity index (χ2n) is 4.31. The van der Waals surface area contributed by atoms with Gasteiger partial charge in [0, 0.05) is 14.1 Å². The summed E-state index contributed by atoms with van der Waals surface area (Å²) >= 11 is 0. The van der Waals surface area contributed by atoms with Crippen LogP contribution < -0.4 is 0 Å². The van der Waals surface area contributed by atoms with Gasteiger partial charge in [0.05, 0.1) is 12.1 Å². The number of nitrogens with zero attached hydrogens (tertiary/aromatic N) is 2. The zero-order chi connectivity index (χ0) is 9.59.